The summed E-state index contributed by atoms with van der Waals surface area (Å²) < 4.78 is 6.29. The summed E-state index contributed by atoms with van der Waals surface area (Å²) in [4.78, 5) is 25.1. The molecular weight excluding hydrogens is 184 g/mol. The van der Waals surface area contributed by atoms with E-state index in [0.717, 1.165) is 0 Å². The Morgan fingerprint density at radius 2 is 2.14 bits per heavy atom. The van der Waals surface area contributed by atoms with Crippen LogP contribution in [0.1, 0.15) is 30.0 Å². The van der Waals surface area contributed by atoms with E-state index >= 15 is 0 Å². The number of nitrogens with zero attached hydrogens (tertiary/aromatic N) is 1. The number of aromatic amines is 1. The standard InChI is InChI=1S/C9H14N2O3/c1-4-11-6(3)7(10-9(11)13)8(12)14-5-2/h4-5H2,1-3H3,(H,10,13). The molecular formula is C9H14N2O3. The van der Waals surface area contributed by atoms with Gasteiger partial charge in [0.25, 0.3) is 0 Å². The Labute approximate surface area is 81.7 Å². The van der Waals surface area contributed by atoms with Crippen LogP contribution in [0.3, 0.4) is 0 Å². The highest BCUT2D eigenvalue weighted by molar-refractivity contribution is 5.88. The van der Waals surface area contributed by atoms with Gasteiger partial charge in [0.15, 0.2) is 0 Å². The van der Waals surface area contributed by atoms with E-state index in [1.807, 2.05) is 6.92 Å². The summed E-state index contributed by atoms with van der Waals surface area (Å²) in [6.45, 7) is 6.13. The maximum atomic E-state index is 11.3. The third-order valence-corrected chi connectivity index (χ3v) is 2.04. The zero-order valence-corrected chi connectivity index (χ0v) is 8.59. The highest BCUT2D eigenvalue weighted by Gasteiger charge is 2.16. The van der Waals surface area contributed by atoms with Crippen LogP contribution in [0, 0.1) is 6.92 Å². The Balaban J connectivity index is 3.11. The van der Waals surface area contributed by atoms with Crippen molar-refractivity contribution in [2.45, 2.75) is 27.3 Å². The van der Waals surface area contributed by atoms with Gasteiger partial charge in [0.1, 0.15) is 5.69 Å². The third kappa shape index (κ3) is 1.71. The van der Waals surface area contributed by atoms with Gasteiger partial charge >= 0.3 is 11.7 Å². The van der Waals surface area contributed by atoms with E-state index in [1.165, 1.54) is 4.57 Å². The fourth-order valence-corrected chi connectivity index (χ4v) is 1.33. The predicted molar refractivity (Wildman–Crippen MR) is 51.4 cm³/mol. The summed E-state index contributed by atoms with van der Waals surface area (Å²) in [5.41, 5.74) is 0.600. The molecule has 0 fully saturated rings. The first kappa shape index (κ1) is 10.6. The lowest BCUT2D eigenvalue weighted by Crippen LogP contribution is -2.16. The number of nitrogens with one attached hydrogen (secondary N) is 1. The van der Waals surface area contributed by atoms with Crippen LogP contribution >= 0.6 is 0 Å². The van der Waals surface area contributed by atoms with Gasteiger partial charge in [0, 0.05) is 6.54 Å². The van der Waals surface area contributed by atoms with Crippen LogP contribution in [0.5, 0.6) is 0 Å². The molecule has 0 saturated carbocycles. The minimum atomic E-state index is -0.477. The van der Waals surface area contributed by atoms with E-state index in [1.54, 1.807) is 13.8 Å². The summed E-state index contributed by atoms with van der Waals surface area (Å²) in [6.07, 6.45) is 0. The number of esters is 1. The fourth-order valence-electron chi connectivity index (χ4n) is 1.33. The Hall–Kier alpha value is -1.52. The first-order valence-corrected chi connectivity index (χ1v) is 4.58. The number of carbonyl (C=O) groups excluding carboxylic acids is 1. The lowest BCUT2D eigenvalue weighted by molar-refractivity contribution is 0.0519. The molecule has 0 unspecified atom stereocenters. The molecule has 1 rings (SSSR count). The Kier molecular flexibility index (Phi) is 3.11. The first-order valence-electron chi connectivity index (χ1n) is 4.58. The number of H-pyrrole nitrogens is 1. The lowest BCUT2D eigenvalue weighted by atomic mass is 10.3. The third-order valence-electron chi connectivity index (χ3n) is 2.04. The second-order valence-corrected chi connectivity index (χ2v) is 2.86. The van der Waals surface area contributed by atoms with Gasteiger partial charge in [-0.1, -0.05) is 0 Å². The minimum absolute atomic E-state index is 0.249. The van der Waals surface area contributed by atoms with Gasteiger partial charge in [-0.15, -0.1) is 0 Å². The van der Waals surface area contributed by atoms with Crippen molar-refractivity contribution in [3.63, 3.8) is 0 Å². The first-order chi connectivity index (χ1) is 6.61. The molecule has 0 aliphatic carbocycles. The van der Waals surface area contributed by atoms with Crippen molar-refractivity contribution in [2.75, 3.05) is 6.61 Å². The molecule has 1 N–H and O–H groups in total. The maximum absolute atomic E-state index is 11.3. The molecule has 0 radical (unpaired) electrons. The summed E-state index contributed by atoms with van der Waals surface area (Å²) in [5.74, 6) is -0.477. The van der Waals surface area contributed by atoms with E-state index < -0.39 is 5.97 Å². The largest absolute Gasteiger partial charge is 0.461 e. The molecule has 78 valence electrons. The quantitative estimate of drug-likeness (QED) is 0.726. The van der Waals surface area contributed by atoms with Gasteiger partial charge in [-0.3, -0.25) is 9.55 Å². The van der Waals surface area contributed by atoms with E-state index in [9.17, 15) is 9.59 Å². The number of carbonyl (C=O) groups is 1. The van der Waals surface area contributed by atoms with Gasteiger partial charge in [0.05, 0.1) is 12.3 Å². The van der Waals surface area contributed by atoms with Crippen molar-refractivity contribution in [1.82, 2.24) is 9.55 Å². The molecule has 0 bridgehead atoms. The number of aromatic nitrogens is 2. The smallest absolute Gasteiger partial charge is 0.356 e. The van der Waals surface area contributed by atoms with Gasteiger partial charge in [-0.05, 0) is 20.8 Å². The Bertz CT molecular complexity index is 389. The fraction of sp³-hybridized carbons (Fsp3) is 0.556. The summed E-state index contributed by atoms with van der Waals surface area (Å²) >= 11 is 0. The van der Waals surface area contributed by atoms with Crippen LogP contribution in [0.25, 0.3) is 0 Å². The van der Waals surface area contributed by atoms with Crippen molar-refractivity contribution >= 4 is 5.97 Å². The Morgan fingerprint density at radius 3 is 2.57 bits per heavy atom. The second kappa shape index (κ2) is 4.13. The van der Waals surface area contributed by atoms with Crippen LogP contribution in [-0.4, -0.2) is 22.1 Å². The summed E-state index contributed by atoms with van der Waals surface area (Å²) in [6, 6.07) is 0. The van der Waals surface area contributed by atoms with Crippen LogP contribution in [0.4, 0.5) is 0 Å². The molecule has 5 nitrogen and oxygen atoms in total. The minimum Gasteiger partial charge on any atom is -0.461 e. The molecule has 0 aliphatic heterocycles. The van der Waals surface area contributed by atoms with Gasteiger partial charge < -0.3 is 4.74 Å². The molecule has 1 aromatic rings. The highest BCUT2D eigenvalue weighted by atomic mass is 16.5. The van der Waals surface area contributed by atoms with Crippen LogP contribution in [0.2, 0.25) is 0 Å². The maximum Gasteiger partial charge on any atom is 0.356 e. The highest BCUT2D eigenvalue weighted by Crippen LogP contribution is 2.04. The van der Waals surface area contributed by atoms with Gasteiger partial charge in [-0.2, -0.15) is 0 Å². The van der Waals surface area contributed by atoms with Crippen molar-refractivity contribution in [3.8, 4) is 0 Å². The average molecular weight is 198 g/mol. The monoisotopic (exact) mass is 198 g/mol. The van der Waals surface area contributed by atoms with Crippen molar-refractivity contribution < 1.29 is 9.53 Å². The van der Waals surface area contributed by atoms with Gasteiger partial charge in [0.2, 0.25) is 0 Å². The summed E-state index contributed by atoms with van der Waals surface area (Å²) in [5, 5.41) is 0. The zero-order chi connectivity index (χ0) is 10.7. The van der Waals surface area contributed by atoms with Crippen LogP contribution in [-0.2, 0) is 11.3 Å². The number of rotatable bonds is 3. The van der Waals surface area contributed by atoms with E-state index in [0.29, 0.717) is 18.8 Å². The van der Waals surface area contributed by atoms with Crippen LogP contribution < -0.4 is 5.69 Å². The zero-order valence-electron chi connectivity index (χ0n) is 8.59. The van der Waals surface area contributed by atoms with Crippen molar-refractivity contribution in [1.29, 1.82) is 0 Å². The number of hydrogen-bond donors (Lipinski definition) is 1. The summed E-state index contributed by atoms with van der Waals surface area (Å²) in [7, 11) is 0. The molecule has 1 aromatic heterocycles. The molecule has 1 heterocycles. The molecule has 0 aromatic carbocycles. The molecule has 5 heteroatoms. The normalized spacial score (nSPS) is 10.2. The number of imidazole rings is 1. The molecule has 0 aliphatic rings. The molecule has 0 atom stereocenters. The topological polar surface area (TPSA) is 64.1 Å². The van der Waals surface area contributed by atoms with E-state index in [2.05, 4.69) is 4.98 Å². The van der Waals surface area contributed by atoms with Crippen molar-refractivity contribution in [2.24, 2.45) is 0 Å². The average Bonchev–Trinajstić information content (AvgIpc) is 2.42. The predicted octanol–water partition coefficient (Wildman–Crippen LogP) is 0.681. The van der Waals surface area contributed by atoms with E-state index in [-0.39, 0.29) is 11.4 Å². The number of ether oxygens (including phenoxy) is 1. The van der Waals surface area contributed by atoms with E-state index in [4.69, 9.17) is 4.74 Å². The number of hydrogen-bond acceptors (Lipinski definition) is 3. The molecule has 0 spiro atoms. The van der Waals surface area contributed by atoms with Gasteiger partial charge in [-0.25, -0.2) is 9.59 Å². The van der Waals surface area contributed by atoms with Crippen molar-refractivity contribution in [3.05, 3.63) is 21.9 Å². The lowest BCUT2D eigenvalue weighted by Gasteiger charge is -2.01. The molecule has 0 amide bonds. The Morgan fingerprint density at radius 1 is 1.50 bits per heavy atom. The molecule has 14 heavy (non-hydrogen) atoms. The molecule has 0 saturated heterocycles. The van der Waals surface area contributed by atoms with Crippen LogP contribution in [0.15, 0.2) is 4.79 Å². The SMILES string of the molecule is CCOC(=O)c1[nH]c(=O)n(CC)c1C. The second-order valence-electron chi connectivity index (χ2n) is 2.86.